The number of hydrogen-bond donors (Lipinski definition) is 3. The van der Waals surface area contributed by atoms with E-state index >= 15 is 0 Å². The Bertz CT molecular complexity index is 720. The zero-order valence-corrected chi connectivity index (χ0v) is 15.7. The van der Waals surface area contributed by atoms with Gasteiger partial charge in [0.2, 0.25) is 11.8 Å². The first-order chi connectivity index (χ1) is 13.0. The molecule has 1 aromatic rings. The second kappa shape index (κ2) is 9.82. The molecule has 0 saturated carbocycles. The van der Waals surface area contributed by atoms with Crippen LogP contribution in [-0.2, 0) is 20.9 Å². The largest absolute Gasteiger partial charge is 0.359 e. The van der Waals surface area contributed by atoms with Crippen molar-refractivity contribution in [2.45, 2.75) is 38.3 Å². The average Bonchev–Trinajstić information content (AvgIpc) is 3.00. The van der Waals surface area contributed by atoms with Gasteiger partial charge in [0.15, 0.2) is 0 Å². The fourth-order valence-corrected chi connectivity index (χ4v) is 3.08. The molecule has 1 aliphatic rings. The van der Waals surface area contributed by atoms with E-state index in [1.54, 1.807) is 18.2 Å². The van der Waals surface area contributed by atoms with Gasteiger partial charge in [0, 0.05) is 43.2 Å². The molecule has 27 heavy (non-hydrogen) atoms. The normalized spacial score (nSPS) is 13.9. The summed E-state index contributed by atoms with van der Waals surface area (Å²) >= 11 is 0. The van der Waals surface area contributed by atoms with Crippen LogP contribution in [0.15, 0.2) is 18.2 Å². The van der Waals surface area contributed by atoms with E-state index in [1.807, 2.05) is 7.05 Å². The molecule has 1 atom stereocenters. The van der Waals surface area contributed by atoms with Gasteiger partial charge in [-0.25, -0.2) is 0 Å². The number of carbonyl (C=O) groups is 4. The summed E-state index contributed by atoms with van der Waals surface area (Å²) in [7, 11) is 3.36. The number of nitrogens with one attached hydrogen (secondary N) is 3. The Morgan fingerprint density at radius 1 is 1.22 bits per heavy atom. The average molecular weight is 374 g/mol. The van der Waals surface area contributed by atoms with E-state index in [0.29, 0.717) is 29.5 Å². The number of rotatable bonds is 10. The molecule has 0 bridgehead atoms. The van der Waals surface area contributed by atoms with Crippen LogP contribution in [0.2, 0.25) is 0 Å². The van der Waals surface area contributed by atoms with Crippen LogP contribution < -0.4 is 16.0 Å². The minimum Gasteiger partial charge on any atom is -0.359 e. The van der Waals surface area contributed by atoms with E-state index < -0.39 is 6.04 Å². The van der Waals surface area contributed by atoms with Gasteiger partial charge >= 0.3 is 0 Å². The number of nitrogens with zero attached hydrogens (tertiary/aromatic N) is 1. The van der Waals surface area contributed by atoms with Crippen molar-refractivity contribution in [1.29, 1.82) is 0 Å². The van der Waals surface area contributed by atoms with Crippen LogP contribution in [0.25, 0.3) is 0 Å². The summed E-state index contributed by atoms with van der Waals surface area (Å²) in [4.78, 5) is 49.2. The van der Waals surface area contributed by atoms with Gasteiger partial charge in [-0.05, 0) is 38.6 Å². The molecule has 0 aliphatic carbocycles. The summed E-state index contributed by atoms with van der Waals surface area (Å²) in [5.41, 5.74) is 1.78. The predicted molar refractivity (Wildman–Crippen MR) is 101 cm³/mol. The maximum Gasteiger partial charge on any atom is 0.255 e. The molecule has 0 aromatic heterocycles. The number of hydrogen-bond acceptors (Lipinski definition) is 5. The molecule has 1 heterocycles. The summed E-state index contributed by atoms with van der Waals surface area (Å²) in [6.45, 7) is 0.983. The van der Waals surface area contributed by atoms with Crippen molar-refractivity contribution in [3.05, 3.63) is 29.3 Å². The van der Waals surface area contributed by atoms with E-state index in [-0.39, 0.29) is 37.1 Å². The minimum absolute atomic E-state index is 0.115. The standard InChI is InChI=1S/C19H26N4O4/c1-20-10-4-7-18(26)22-16-6-3-5-14-15(16)11-23(19(14)27)13(12-24)8-9-17(25)21-2/h3,5-6,12-13,20H,4,7-11H2,1-2H3,(H,21,25)(H,22,26). The third-order valence-electron chi connectivity index (χ3n) is 4.60. The molecule has 1 unspecified atom stereocenters. The highest BCUT2D eigenvalue weighted by Gasteiger charge is 2.34. The van der Waals surface area contributed by atoms with Crippen molar-refractivity contribution < 1.29 is 19.2 Å². The highest BCUT2D eigenvalue weighted by atomic mass is 16.2. The number of fused-ring (bicyclic) bond motifs is 1. The lowest BCUT2D eigenvalue weighted by Crippen LogP contribution is -2.37. The third kappa shape index (κ3) is 5.13. The summed E-state index contributed by atoms with van der Waals surface area (Å²) in [5, 5.41) is 8.36. The van der Waals surface area contributed by atoms with Crippen LogP contribution in [0.5, 0.6) is 0 Å². The molecule has 3 N–H and O–H groups in total. The topological polar surface area (TPSA) is 108 Å². The number of aldehydes is 1. The first kappa shape index (κ1) is 20.6. The smallest absolute Gasteiger partial charge is 0.255 e. The van der Waals surface area contributed by atoms with E-state index in [1.165, 1.54) is 11.9 Å². The van der Waals surface area contributed by atoms with Gasteiger partial charge in [-0.1, -0.05) is 6.07 Å². The maximum atomic E-state index is 12.7. The molecule has 1 aromatic carbocycles. The lowest BCUT2D eigenvalue weighted by molar-refractivity contribution is -0.121. The van der Waals surface area contributed by atoms with Crippen molar-refractivity contribution in [1.82, 2.24) is 15.5 Å². The zero-order valence-electron chi connectivity index (χ0n) is 15.7. The lowest BCUT2D eigenvalue weighted by atomic mass is 10.1. The van der Waals surface area contributed by atoms with Crippen LogP contribution in [0.3, 0.4) is 0 Å². The fraction of sp³-hybridized carbons (Fsp3) is 0.474. The molecule has 8 heteroatoms. The summed E-state index contributed by atoms with van der Waals surface area (Å²) in [5.74, 6) is -0.554. The Morgan fingerprint density at radius 3 is 2.67 bits per heavy atom. The Kier molecular flexibility index (Phi) is 7.48. The second-order valence-electron chi connectivity index (χ2n) is 6.44. The Balaban J connectivity index is 2.10. The SMILES string of the molecule is CNCCCC(=O)Nc1cccc2c1CN(C(C=O)CCC(=O)NC)C2=O. The molecule has 3 amide bonds. The second-order valence-corrected chi connectivity index (χ2v) is 6.44. The van der Waals surface area contributed by atoms with E-state index in [0.717, 1.165) is 13.0 Å². The molecule has 0 radical (unpaired) electrons. The predicted octanol–water partition coefficient (Wildman–Crippen LogP) is 0.674. The lowest BCUT2D eigenvalue weighted by Gasteiger charge is -2.22. The van der Waals surface area contributed by atoms with E-state index in [2.05, 4.69) is 16.0 Å². The van der Waals surface area contributed by atoms with Crippen LogP contribution in [0.4, 0.5) is 5.69 Å². The summed E-state index contributed by atoms with van der Waals surface area (Å²) < 4.78 is 0. The van der Waals surface area contributed by atoms with Gasteiger partial charge in [-0.15, -0.1) is 0 Å². The van der Waals surface area contributed by atoms with Crippen molar-refractivity contribution in [2.75, 3.05) is 26.0 Å². The number of benzene rings is 1. The number of amides is 3. The molecule has 146 valence electrons. The van der Waals surface area contributed by atoms with Crippen molar-refractivity contribution in [2.24, 2.45) is 0 Å². The van der Waals surface area contributed by atoms with Crippen molar-refractivity contribution in [3.8, 4) is 0 Å². The zero-order chi connectivity index (χ0) is 19.8. The third-order valence-corrected chi connectivity index (χ3v) is 4.60. The van der Waals surface area contributed by atoms with Crippen LogP contribution in [0.1, 0.15) is 41.6 Å². The quantitative estimate of drug-likeness (QED) is 0.412. The van der Waals surface area contributed by atoms with Gasteiger partial charge in [-0.3, -0.25) is 14.4 Å². The van der Waals surface area contributed by atoms with Gasteiger partial charge in [-0.2, -0.15) is 0 Å². The van der Waals surface area contributed by atoms with Crippen LogP contribution in [0, 0.1) is 0 Å². The van der Waals surface area contributed by atoms with Crippen molar-refractivity contribution >= 4 is 29.7 Å². The highest BCUT2D eigenvalue weighted by molar-refractivity contribution is 6.03. The number of carbonyl (C=O) groups excluding carboxylic acids is 4. The molecule has 0 saturated heterocycles. The van der Waals surface area contributed by atoms with E-state index in [9.17, 15) is 19.2 Å². The molecule has 8 nitrogen and oxygen atoms in total. The van der Waals surface area contributed by atoms with Crippen LogP contribution in [-0.4, -0.2) is 55.6 Å². The first-order valence-electron chi connectivity index (χ1n) is 9.05. The van der Waals surface area contributed by atoms with Gasteiger partial charge in [0.1, 0.15) is 6.29 Å². The molecule has 2 rings (SSSR count). The summed E-state index contributed by atoms with van der Waals surface area (Å²) in [6, 6.07) is 4.48. The first-order valence-corrected chi connectivity index (χ1v) is 9.05. The summed E-state index contributed by atoms with van der Waals surface area (Å²) in [6.07, 6.45) is 2.22. The Morgan fingerprint density at radius 2 is 2.00 bits per heavy atom. The highest BCUT2D eigenvalue weighted by Crippen LogP contribution is 2.31. The Labute approximate surface area is 158 Å². The number of anilines is 1. The molecular formula is C19H26N4O4. The van der Waals surface area contributed by atoms with Gasteiger partial charge in [0.05, 0.1) is 6.04 Å². The van der Waals surface area contributed by atoms with Crippen molar-refractivity contribution in [3.63, 3.8) is 0 Å². The van der Waals surface area contributed by atoms with Crippen LogP contribution >= 0.6 is 0 Å². The molecular weight excluding hydrogens is 348 g/mol. The van der Waals surface area contributed by atoms with Gasteiger partial charge < -0.3 is 25.6 Å². The van der Waals surface area contributed by atoms with E-state index in [4.69, 9.17) is 0 Å². The maximum absolute atomic E-state index is 12.7. The fourth-order valence-electron chi connectivity index (χ4n) is 3.08. The van der Waals surface area contributed by atoms with Gasteiger partial charge in [0.25, 0.3) is 5.91 Å². The molecule has 0 fully saturated rings. The molecule has 0 spiro atoms. The Hall–Kier alpha value is -2.74. The monoisotopic (exact) mass is 374 g/mol. The minimum atomic E-state index is -0.679. The molecule has 1 aliphatic heterocycles.